The van der Waals surface area contributed by atoms with E-state index in [1.165, 1.54) is 57.1 Å². The van der Waals surface area contributed by atoms with Crippen molar-refractivity contribution in [3.05, 3.63) is 53.6 Å². The summed E-state index contributed by atoms with van der Waals surface area (Å²) in [6.45, 7) is 5.84. The number of phenolic OH excluding ortho intramolecular Hbond substituents is 1. The number of nitrogens with one attached hydrogen (secondary N) is 2. The summed E-state index contributed by atoms with van der Waals surface area (Å²) in [6, 6.07) is 13.2. The Morgan fingerprint density at radius 1 is 1.00 bits per heavy atom. The molecule has 0 radical (unpaired) electrons. The molecule has 50 heavy (non-hydrogen) atoms. The van der Waals surface area contributed by atoms with E-state index in [-0.39, 0.29) is 36.5 Å². The molecule has 0 aromatic heterocycles. The number of aliphatic hydroxyl groups excluding tert-OH is 1. The third-order valence-electron chi connectivity index (χ3n) is 12.4. The number of aromatic hydroxyl groups is 1. The van der Waals surface area contributed by atoms with E-state index in [2.05, 4.69) is 29.7 Å². The number of nitrogens with zero attached hydrogens (tertiary/aromatic N) is 1. The normalized spacial score (nSPS) is 25.8. The van der Waals surface area contributed by atoms with E-state index in [0.717, 1.165) is 81.0 Å². The van der Waals surface area contributed by atoms with Crippen LogP contribution in [-0.4, -0.2) is 77.4 Å². The van der Waals surface area contributed by atoms with Crippen LogP contribution in [0.5, 0.6) is 11.5 Å². The number of carbonyl (C=O) groups excluding carboxylic acids is 1. The molecule has 1 saturated carbocycles. The van der Waals surface area contributed by atoms with Gasteiger partial charge in [-0.3, -0.25) is 10.1 Å². The predicted molar refractivity (Wildman–Crippen MR) is 196 cm³/mol. The van der Waals surface area contributed by atoms with Crippen molar-refractivity contribution in [2.45, 2.75) is 127 Å². The zero-order valence-electron chi connectivity index (χ0n) is 30.3. The van der Waals surface area contributed by atoms with Crippen molar-refractivity contribution >= 4 is 11.6 Å². The highest BCUT2D eigenvalue weighted by atomic mass is 16.5. The first-order valence-electron chi connectivity index (χ1n) is 19.8. The third-order valence-corrected chi connectivity index (χ3v) is 12.4. The molecule has 1 amide bonds. The highest BCUT2D eigenvalue weighted by Crippen LogP contribution is 2.44. The van der Waals surface area contributed by atoms with Gasteiger partial charge in [0.15, 0.2) is 6.61 Å². The van der Waals surface area contributed by atoms with E-state index in [0.29, 0.717) is 36.1 Å². The molecule has 2 unspecified atom stereocenters. The molecule has 4 aliphatic heterocycles. The molecule has 3 saturated heterocycles. The Morgan fingerprint density at radius 2 is 1.70 bits per heavy atom. The standard InChI is InChI=1S/C41H61N3O6/c1-2-3-4-5-6-7-8-12-19-38(42-26-36(46)34-24-33(45)25-35-40(34)49-28-39(47)43-35)44-22-20-30(21-23-44)37(27-44)50-29-41(48,32-17-13-14-18-32)31-15-10-9-11-16-31/h9-11,15-16,24-25,30,32,36-38,42,46,48H,2-8,12-14,17-23,26-29H2,1H3,(H-,43,45,47)/p+1/t30?,36-,37-,38?,41?,44?/m0/s1. The highest BCUT2D eigenvalue weighted by Gasteiger charge is 2.51. The summed E-state index contributed by atoms with van der Waals surface area (Å²) in [7, 11) is 0. The second-order valence-corrected chi connectivity index (χ2v) is 15.8. The third kappa shape index (κ3) is 8.67. The fraction of sp³-hybridized carbons (Fsp3) is 0.683. The molecule has 2 aromatic carbocycles. The molecule has 9 nitrogen and oxygen atoms in total. The molecule has 1 aliphatic carbocycles. The lowest BCUT2D eigenvalue weighted by Gasteiger charge is -2.56. The van der Waals surface area contributed by atoms with Gasteiger partial charge in [-0.25, -0.2) is 0 Å². The molecule has 0 spiro atoms. The number of amides is 1. The maximum Gasteiger partial charge on any atom is 0.262 e. The van der Waals surface area contributed by atoms with Crippen molar-refractivity contribution in [1.82, 2.24) is 5.32 Å². The number of aliphatic hydroxyl groups is 2. The minimum Gasteiger partial charge on any atom is -0.508 e. The quantitative estimate of drug-likeness (QED) is 0.0802. The number of fused-ring (bicyclic) bond motifs is 4. The number of ether oxygens (including phenoxy) is 2. The Labute approximate surface area is 299 Å². The van der Waals surface area contributed by atoms with Crippen LogP contribution in [0.15, 0.2) is 42.5 Å². The van der Waals surface area contributed by atoms with Gasteiger partial charge >= 0.3 is 0 Å². The lowest BCUT2D eigenvalue weighted by molar-refractivity contribution is -0.971. The summed E-state index contributed by atoms with van der Waals surface area (Å²) in [5.74, 6) is 0.834. The minimum atomic E-state index is -0.977. The summed E-state index contributed by atoms with van der Waals surface area (Å²) in [6.07, 6.45) is 17.0. The van der Waals surface area contributed by atoms with Gasteiger partial charge in [0.1, 0.15) is 35.9 Å². The van der Waals surface area contributed by atoms with Gasteiger partial charge in [-0.15, -0.1) is 0 Å². The van der Waals surface area contributed by atoms with Crippen molar-refractivity contribution in [2.75, 3.05) is 44.7 Å². The van der Waals surface area contributed by atoms with E-state index in [1.54, 1.807) is 0 Å². The molecule has 5 N–H and O–H groups in total. The fourth-order valence-corrected chi connectivity index (χ4v) is 9.45. The Kier molecular flexibility index (Phi) is 12.8. The van der Waals surface area contributed by atoms with Crippen molar-refractivity contribution in [1.29, 1.82) is 0 Å². The zero-order valence-corrected chi connectivity index (χ0v) is 30.3. The number of unbranched alkanes of at least 4 members (excludes halogenated alkanes) is 7. The first-order valence-corrected chi connectivity index (χ1v) is 19.8. The van der Waals surface area contributed by atoms with Gasteiger partial charge in [0, 0.05) is 43.4 Å². The molecule has 276 valence electrons. The maximum absolute atomic E-state index is 12.2. The first kappa shape index (κ1) is 37.1. The number of piperidine rings is 3. The van der Waals surface area contributed by atoms with Crippen LogP contribution in [0.3, 0.4) is 0 Å². The fourth-order valence-electron chi connectivity index (χ4n) is 9.45. The molecular formula is C41H62N3O6+. The lowest BCUT2D eigenvalue weighted by Crippen LogP contribution is -2.71. The van der Waals surface area contributed by atoms with Crippen LogP contribution in [0.4, 0.5) is 5.69 Å². The Morgan fingerprint density at radius 3 is 2.42 bits per heavy atom. The summed E-state index contributed by atoms with van der Waals surface area (Å²) in [4.78, 5) is 11.9. The SMILES string of the molecule is CCCCCCCCCCC(NC[C@H](O)c1cc(O)cc2c1OCC(=O)N2)[N+]12CCC(CC1)[C@@H](OCC(O)(c1ccccc1)C1CCCC1)C2. The van der Waals surface area contributed by atoms with Crippen molar-refractivity contribution < 1.29 is 34.1 Å². The number of benzene rings is 2. The summed E-state index contributed by atoms with van der Waals surface area (Å²) in [5, 5.41) is 40.7. The van der Waals surface area contributed by atoms with Gasteiger partial charge in [0.25, 0.3) is 5.91 Å². The van der Waals surface area contributed by atoms with E-state index in [9.17, 15) is 20.1 Å². The first-order chi connectivity index (χ1) is 24.3. The van der Waals surface area contributed by atoms with Crippen LogP contribution in [-0.2, 0) is 15.1 Å². The molecule has 4 fully saturated rings. The van der Waals surface area contributed by atoms with Gasteiger partial charge in [0.2, 0.25) is 0 Å². The van der Waals surface area contributed by atoms with E-state index in [4.69, 9.17) is 9.47 Å². The molecule has 7 rings (SSSR count). The maximum atomic E-state index is 12.2. The topological polar surface area (TPSA) is 120 Å². The summed E-state index contributed by atoms with van der Waals surface area (Å²) in [5.41, 5.74) is 0.857. The number of carbonyl (C=O) groups is 1. The van der Waals surface area contributed by atoms with E-state index < -0.39 is 11.7 Å². The largest absolute Gasteiger partial charge is 0.508 e. The van der Waals surface area contributed by atoms with Crippen LogP contribution in [0.25, 0.3) is 0 Å². The number of phenols is 1. The van der Waals surface area contributed by atoms with Crippen LogP contribution in [0.1, 0.15) is 120 Å². The molecule has 5 aliphatic rings. The summed E-state index contributed by atoms with van der Waals surface area (Å²) < 4.78 is 13.5. The van der Waals surface area contributed by atoms with Gasteiger partial charge in [-0.2, -0.15) is 0 Å². The second-order valence-electron chi connectivity index (χ2n) is 15.8. The molecule has 4 heterocycles. The zero-order chi connectivity index (χ0) is 35.0. The Bertz CT molecular complexity index is 1380. The van der Waals surface area contributed by atoms with Gasteiger partial charge in [0.05, 0.1) is 31.5 Å². The predicted octanol–water partition coefficient (Wildman–Crippen LogP) is 6.91. The molecular weight excluding hydrogens is 630 g/mol. The van der Waals surface area contributed by atoms with E-state index in [1.807, 2.05) is 18.2 Å². The Hall–Kier alpha value is -2.69. The Balaban J connectivity index is 1.15. The average Bonchev–Trinajstić information content (AvgIpc) is 3.69. The average molecular weight is 693 g/mol. The number of rotatable bonds is 19. The van der Waals surface area contributed by atoms with Gasteiger partial charge in [-0.05, 0) is 36.8 Å². The number of hydrogen-bond acceptors (Lipinski definition) is 7. The van der Waals surface area contributed by atoms with Crippen molar-refractivity contribution in [2.24, 2.45) is 11.8 Å². The monoisotopic (exact) mass is 692 g/mol. The van der Waals surface area contributed by atoms with Crippen LogP contribution >= 0.6 is 0 Å². The van der Waals surface area contributed by atoms with Crippen molar-refractivity contribution in [3.63, 3.8) is 0 Å². The van der Waals surface area contributed by atoms with Crippen LogP contribution in [0, 0.1) is 11.8 Å². The van der Waals surface area contributed by atoms with E-state index >= 15 is 0 Å². The molecule has 4 atom stereocenters. The smallest absolute Gasteiger partial charge is 0.262 e. The number of quaternary nitrogens is 1. The van der Waals surface area contributed by atoms with Crippen LogP contribution in [0.2, 0.25) is 0 Å². The lowest BCUT2D eigenvalue weighted by atomic mass is 9.79. The van der Waals surface area contributed by atoms with Crippen molar-refractivity contribution in [3.8, 4) is 11.5 Å². The minimum absolute atomic E-state index is 0.0212. The second kappa shape index (κ2) is 17.2. The molecule has 2 bridgehead atoms. The summed E-state index contributed by atoms with van der Waals surface area (Å²) >= 11 is 0. The molecule has 2 aromatic rings. The number of anilines is 1. The van der Waals surface area contributed by atoms with Gasteiger partial charge < -0.3 is 34.6 Å². The highest BCUT2D eigenvalue weighted by molar-refractivity contribution is 5.96. The number of hydrogen-bond donors (Lipinski definition) is 5. The van der Waals surface area contributed by atoms with Crippen LogP contribution < -0.4 is 15.4 Å². The van der Waals surface area contributed by atoms with Gasteiger partial charge in [-0.1, -0.05) is 95.0 Å². The molecule has 9 heteroatoms.